The molecule has 0 saturated carbocycles. The fourth-order valence-corrected chi connectivity index (χ4v) is 4.51. The summed E-state index contributed by atoms with van der Waals surface area (Å²) in [4.78, 5) is 2.71. The highest BCUT2D eigenvalue weighted by Gasteiger charge is 2.39. The minimum atomic E-state index is 0.629. The molecule has 0 amide bonds. The molecule has 2 saturated heterocycles. The average Bonchev–Trinajstić information content (AvgIpc) is 2.49. The Kier molecular flexibility index (Phi) is 4.59. The zero-order chi connectivity index (χ0) is 14.1. The lowest BCUT2D eigenvalue weighted by Gasteiger charge is -2.48. The molecule has 3 atom stereocenters. The molecule has 2 heterocycles. The first-order valence-electron chi connectivity index (χ1n) is 7.89. The van der Waals surface area contributed by atoms with Gasteiger partial charge in [0.15, 0.2) is 0 Å². The van der Waals surface area contributed by atoms with Crippen molar-refractivity contribution in [2.24, 2.45) is 5.92 Å². The molecular formula is C17H23Cl2N. The van der Waals surface area contributed by atoms with Crippen molar-refractivity contribution in [2.75, 3.05) is 13.1 Å². The van der Waals surface area contributed by atoms with E-state index in [1.165, 1.54) is 50.8 Å². The molecule has 2 aliphatic heterocycles. The maximum absolute atomic E-state index is 6.25. The van der Waals surface area contributed by atoms with Crippen LogP contribution in [0.2, 0.25) is 10.0 Å². The molecule has 0 aliphatic carbocycles. The predicted octanol–water partition coefficient (Wildman–Crippen LogP) is 5.36. The number of halogens is 2. The maximum atomic E-state index is 6.25. The fourth-order valence-electron chi connectivity index (χ4n) is 4.20. The SMILES string of the molecule is CC[C@@H]1CCN2CCCC[C@@H]2[C@H]1c1ccc(Cl)c(Cl)c1. The van der Waals surface area contributed by atoms with Gasteiger partial charge in [-0.3, -0.25) is 4.90 Å². The van der Waals surface area contributed by atoms with Gasteiger partial charge in [0.1, 0.15) is 0 Å². The summed E-state index contributed by atoms with van der Waals surface area (Å²) >= 11 is 12.3. The number of benzene rings is 1. The topological polar surface area (TPSA) is 3.24 Å². The second-order valence-electron chi connectivity index (χ2n) is 6.26. The lowest BCUT2D eigenvalue weighted by molar-refractivity contribution is 0.0547. The van der Waals surface area contributed by atoms with Gasteiger partial charge in [-0.15, -0.1) is 0 Å². The van der Waals surface area contributed by atoms with Crippen LogP contribution in [0, 0.1) is 5.92 Å². The van der Waals surface area contributed by atoms with Gasteiger partial charge in [0.2, 0.25) is 0 Å². The minimum Gasteiger partial charge on any atom is -0.300 e. The highest BCUT2D eigenvalue weighted by molar-refractivity contribution is 6.42. The molecule has 1 aromatic carbocycles. The van der Waals surface area contributed by atoms with Crippen molar-refractivity contribution in [3.05, 3.63) is 33.8 Å². The first-order chi connectivity index (χ1) is 9.70. The van der Waals surface area contributed by atoms with Gasteiger partial charge < -0.3 is 0 Å². The Morgan fingerprint density at radius 2 is 1.95 bits per heavy atom. The van der Waals surface area contributed by atoms with E-state index in [2.05, 4.69) is 24.0 Å². The van der Waals surface area contributed by atoms with Crippen molar-refractivity contribution >= 4 is 23.2 Å². The molecular weight excluding hydrogens is 289 g/mol. The van der Waals surface area contributed by atoms with E-state index in [4.69, 9.17) is 23.2 Å². The van der Waals surface area contributed by atoms with Gasteiger partial charge >= 0.3 is 0 Å². The van der Waals surface area contributed by atoms with E-state index in [1.54, 1.807) is 0 Å². The molecule has 20 heavy (non-hydrogen) atoms. The quantitative estimate of drug-likeness (QED) is 0.710. The molecule has 2 aliphatic rings. The molecule has 0 unspecified atom stereocenters. The molecule has 3 heteroatoms. The summed E-state index contributed by atoms with van der Waals surface area (Å²) in [5.74, 6) is 1.41. The summed E-state index contributed by atoms with van der Waals surface area (Å²) < 4.78 is 0. The Morgan fingerprint density at radius 3 is 2.70 bits per heavy atom. The zero-order valence-corrected chi connectivity index (χ0v) is 13.6. The standard InChI is InChI=1S/C17H23Cl2N/c1-2-12-8-10-20-9-4-3-5-16(20)17(12)13-6-7-14(18)15(19)11-13/h6-7,11-12,16-17H,2-5,8-10H2,1H3/t12-,16-,17-/m1/s1. The number of hydrogen-bond acceptors (Lipinski definition) is 1. The van der Waals surface area contributed by atoms with Crippen LogP contribution in [0.15, 0.2) is 18.2 Å². The van der Waals surface area contributed by atoms with E-state index < -0.39 is 0 Å². The lowest BCUT2D eigenvalue weighted by Crippen LogP contribution is -2.50. The summed E-state index contributed by atoms with van der Waals surface area (Å²) in [6.45, 7) is 4.88. The molecule has 2 fully saturated rings. The van der Waals surface area contributed by atoms with Gasteiger partial charge in [-0.2, -0.15) is 0 Å². The van der Waals surface area contributed by atoms with Gasteiger partial charge in [-0.1, -0.05) is 49.0 Å². The largest absolute Gasteiger partial charge is 0.300 e. The first-order valence-corrected chi connectivity index (χ1v) is 8.65. The van der Waals surface area contributed by atoms with Crippen molar-refractivity contribution in [1.82, 2.24) is 4.90 Å². The monoisotopic (exact) mass is 311 g/mol. The molecule has 0 spiro atoms. The number of rotatable bonds is 2. The lowest BCUT2D eigenvalue weighted by atomic mass is 9.72. The Bertz CT molecular complexity index is 474. The van der Waals surface area contributed by atoms with Gasteiger partial charge in [0.05, 0.1) is 10.0 Å². The summed E-state index contributed by atoms with van der Waals surface area (Å²) in [6, 6.07) is 6.97. The van der Waals surface area contributed by atoms with Gasteiger partial charge in [-0.25, -0.2) is 0 Å². The number of fused-ring (bicyclic) bond motifs is 1. The molecule has 1 nitrogen and oxygen atoms in total. The van der Waals surface area contributed by atoms with Crippen LogP contribution >= 0.6 is 23.2 Å². The molecule has 0 radical (unpaired) electrons. The van der Waals surface area contributed by atoms with Crippen molar-refractivity contribution in [3.8, 4) is 0 Å². The van der Waals surface area contributed by atoms with Crippen LogP contribution in [0.25, 0.3) is 0 Å². The average molecular weight is 312 g/mol. The summed E-state index contributed by atoms with van der Waals surface area (Å²) in [5.41, 5.74) is 1.39. The van der Waals surface area contributed by atoms with Crippen molar-refractivity contribution in [3.63, 3.8) is 0 Å². The second-order valence-corrected chi connectivity index (χ2v) is 7.07. The van der Waals surface area contributed by atoms with E-state index in [0.717, 1.165) is 5.92 Å². The Labute approximate surface area is 132 Å². The third kappa shape index (κ3) is 2.73. The van der Waals surface area contributed by atoms with Crippen molar-refractivity contribution < 1.29 is 0 Å². The van der Waals surface area contributed by atoms with Crippen molar-refractivity contribution in [1.29, 1.82) is 0 Å². The van der Waals surface area contributed by atoms with E-state index >= 15 is 0 Å². The predicted molar refractivity (Wildman–Crippen MR) is 86.8 cm³/mol. The third-order valence-electron chi connectivity index (χ3n) is 5.23. The number of hydrogen-bond donors (Lipinski definition) is 0. The minimum absolute atomic E-state index is 0.629. The maximum Gasteiger partial charge on any atom is 0.0595 e. The van der Waals surface area contributed by atoms with E-state index in [-0.39, 0.29) is 0 Å². The van der Waals surface area contributed by atoms with Crippen LogP contribution in [0.3, 0.4) is 0 Å². The second kappa shape index (κ2) is 6.25. The highest BCUT2D eigenvalue weighted by atomic mass is 35.5. The molecule has 1 aromatic rings. The summed E-state index contributed by atoms with van der Waals surface area (Å²) in [7, 11) is 0. The number of nitrogens with zero attached hydrogens (tertiary/aromatic N) is 1. The van der Waals surface area contributed by atoms with Crippen LogP contribution in [0.1, 0.15) is 50.5 Å². The van der Waals surface area contributed by atoms with Gasteiger partial charge in [-0.05, 0) is 56.0 Å². The summed E-state index contributed by atoms with van der Waals surface area (Å²) in [6.07, 6.45) is 6.64. The molecule has 0 N–H and O–H groups in total. The van der Waals surface area contributed by atoms with E-state index in [9.17, 15) is 0 Å². The Balaban J connectivity index is 1.94. The van der Waals surface area contributed by atoms with Crippen LogP contribution in [-0.2, 0) is 0 Å². The molecule has 0 aromatic heterocycles. The van der Waals surface area contributed by atoms with Gasteiger partial charge in [0, 0.05) is 12.0 Å². The van der Waals surface area contributed by atoms with Crippen LogP contribution in [-0.4, -0.2) is 24.0 Å². The fraction of sp³-hybridized carbons (Fsp3) is 0.647. The first kappa shape index (κ1) is 14.7. The van der Waals surface area contributed by atoms with Gasteiger partial charge in [0.25, 0.3) is 0 Å². The Morgan fingerprint density at radius 1 is 1.10 bits per heavy atom. The molecule has 3 rings (SSSR count). The molecule has 0 bridgehead atoms. The summed E-state index contributed by atoms with van der Waals surface area (Å²) in [5, 5.41) is 1.37. The number of piperidine rings is 2. The van der Waals surface area contributed by atoms with Crippen LogP contribution < -0.4 is 0 Å². The Hall–Kier alpha value is -0.240. The van der Waals surface area contributed by atoms with Crippen LogP contribution in [0.4, 0.5) is 0 Å². The van der Waals surface area contributed by atoms with Crippen molar-refractivity contribution in [2.45, 2.75) is 51.0 Å². The van der Waals surface area contributed by atoms with E-state index in [1.807, 2.05) is 6.07 Å². The van der Waals surface area contributed by atoms with Crippen LogP contribution in [0.5, 0.6) is 0 Å². The highest BCUT2D eigenvalue weighted by Crippen LogP contribution is 2.43. The zero-order valence-electron chi connectivity index (χ0n) is 12.1. The van der Waals surface area contributed by atoms with E-state index in [0.29, 0.717) is 22.0 Å². The molecule has 110 valence electrons. The normalized spacial score (nSPS) is 31.1. The smallest absolute Gasteiger partial charge is 0.0595 e. The third-order valence-corrected chi connectivity index (χ3v) is 5.97.